The van der Waals surface area contributed by atoms with E-state index in [0.717, 1.165) is 61.5 Å². The number of anilines is 3. The summed E-state index contributed by atoms with van der Waals surface area (Å²) in [5.41, 5.74) is 15.4. The van der Waals surface area contributed by atoms with Gasteiger partial charge in [0.25, 0.3) is 0 Å². The number of hydrogen-bond donors (Lipinski definition) is 0. The van der Waals surface area contributed by atoms with Gasteiger partial charge in [0.15, 0.2) is 5.58 Å². The molecule has 53 heavy (non-hydrogen) atoms. The van der Waals surface area contributed by atoms with Crippen molar-refractivity contribution in [2.24, 2.45) is 0 Å². The highest BCUT2D eigenvalue weighted by Gasteiger charge is 2.36. The highest BCUT2D eigenvalue weighted by molar-refractivity contribution is 6.98. The van der Waals surface area contributed by atoms with Crippen LogP contribution in [0.4, 0.5) is 17.1 Å². The lowest BCUT2D eigenvalue weighted by atomic mass is 9.35. The van der Waals surface area contributed by atoms with E-state index in [-0.39, 0.29) is 17.5 Å². The summed E-state index contributed by atoms with van der Waals surface area (Å²) >= 11 is 0. The predicted octanol–water partition coefficient (Wildman–Crippen LogP) is 10.6. The molecule has 0 atom stereocenters. The van der Waals surface area contributed by atoms with Crippen molar-refractivity contribution in [1.82, 2.24) is 9.97 Å². The molecule has 0 radical (unpaired) electrons. The molecule has 4 heterocycles. The first kappa shape index (κ1) is 32.9. The highest BCUT2D eigenvalue weighted by Crippen LogP contribution is 2.43. The summed E-state index contributed by atoms with van der Waals surface area (Å²) in [5, 5.41) is 2.23. The third-order valence-corrected chi connectivity index (χ3v) is 10.8. The van der Waals surface area contributed by atoms with Crippen molar-refractivity contribution < 1.29 is 4.42 Å². The molecule has 0 N–H and O–H groups in total. The zero-order valence-electron chi connectivity index (χ0n) is 31.2. The summed E-state index contributed by atoms with van der Waals surface area (Å²) in [7, 11) is 0. The van der Waals surface area contributed by atoms with Crippen LogP contribution in [0.3, 0.4) is 0 Å². The van der Waals surface area contributed by atoms with E-state index < -0.39 is 0 Å². The van der Waals surface area contributed by atoms with E-state index in [2.05, 4.69) is 174 Å². The Bertz CT molecular complexity index is 2680. The molecule has 0 saturated heterocycles. The van der Waals surface area contributed by atoms with Crippen LogP contribution in [-0.2, 0) is 10.8 Å². The molecule has 0 unspecified atom stereocenters. The lowest BCUT2D eigenvalue weighted by molar-refractivity contribution is 0.589. The topological polar surface area (TPSA) is 42.2 Å². The fraction of sp³-hybridized carbons (Fsp3) is 0.167. The van der Waals surface area contributed by atoms with Crippen molar-refractivity contribution in [2.45, 2.75) is 52.4 Å². The zero-order valence-corrected chi connectivity index (χ0v) is 31.2. The summed E-state index contributed by atoms with van der Waals surface area (Å²) in [4.78, 5) is 12.1. The van der Waals surface area contributed by atoms with E-state index in [1.165, 1.54) is 27.5 Å². The van der Waals surface area contributed by atoms with Gasteiger partial charge in [0.05, 0.1) is 17.1 Å². The molecular weight excluding hydrogens is 645 g/mol. The highest BCUT2D eigenvalue weighted by atomic mass is 16.3. The monoisotopic (exact) mass is 687 g/mol. The normalized spacial score (nSPS) is 13.0. The lowest BCUT2D eigenvalue weighted by Gasteiger charge is -2.37. The minimum atomic E-state index is -0.0381. The van der Waals surface area contributed by atoms with E-state index in [4.69, 9.17) is 14.4 Å². The Morgan fingerprint density at radius 1 is 0.509 bits per heavy atom. The van der Waals surface area contributed by atoms with Crippen LogP contribution in [0.15, 0.2) is 150 Å². The van der Waals surface area contributed by atoms with Crippen molar-refractivity contribution in [3.8, 4) is 22.5 Å². The van der Waals surface area contributed by atoms with Gasteiger partial charge in [-0.3, -0.25) is 9.97 Å². The van der Waals surface area contributed by atoms with Crippen LogP contribution in [0.2, 0.25) is 0 Å². The summed E-state index contributed by atoms with van der Waals surface area (Å²) in [5.74, 6) is 0. The van der Waals surface area contributed by atoms with Gasteiger partial charge in [0.2, 0.25) is 6.71 Å². The molecule has 3 aromatic heterocycles. The van der Waals surface area contributed by atoms with E-state index in [1.807, 2.05) is 18.5 Å². The number of aromatic nitrogens is 2. The van der Waals surface area contributed by atoms with Crippen molar-refractivity contribution in [3.63, 3.8) is 0 Å². The van der Waals surface area contributed by atoms with Crippen LogP contribution in [0, 0.1) is 0 Å². The number of furan rings is 1. The second-order valence-corrected chi connectivity index (χ2v) is 16.3. The molecule has 5 aromatic carbocycles. The minimum Gasteiger partial charge on any atom is -0.454 e. The second-order valence-electron chi connectivity index (χ2n) is 16.3. The molecule has 8 aromatic rings. The Morgan fingerprint density at radius 2 is 1.11 bits per heavy atom. The molecular formula is C48H42BN3O. The molecule has 258 valence electrons. The quantitative estimate of drug-likeness (QED) is 0.173. The third kappa shape index (κ3) is 5.72. The average Bonchev–Trinajstić information content (AvgIpc) is 3.55. The maximum Gasteiger partial charge on any atom is 0.246 e. The van der Waals surface area contributed by atoms with Crippen molar-refractivity contribution >= 4 is 62.1 Å². The maximum atomic E-state index is 6.66. The SMILES string of the molecule is CC(C)(C)c1ccnc(-c2cccc(B3c4ccccc4N(c4cccc5c4oc4ccccc45)c4ccc(-c5cc(C(C)(C)C)ccn5)cc43)c2)c1. The smallest absolute Gasteiger partial charge is 0.246 e. The van der Waals surface area contributed by atoms with E-state index in [1.54, 1.807) is 0 Å². The predicted molar refractivity (Wildman–Crippen MR) is 223 cm³/mol. The molecule has 0 amide bonds. The van der Waals surface area contributed by atoms with Gasteiger partial charge >= 0.3 is 0 Å². The van der Waals surface area contributed by atoms with Gasteiger partial charge in [-0.1, -0.05) is 132 Å². The van der Waals surface area contributed by atoms with E-state index in [9.17, 15) is 0 Å². The molecule has 9 rings (SSSR count). The number of pyridine rings is 2. The van der Waals surface area contributed by atoms with Crippen LogP contribution in [0.5, 0.6) is 0 Å². The fourth-order valence-electron chi connectivity index (χ4n) is 7.90. The van der Waals surface area contributed by atoms with Crippen LogP contribution in [0.1, 0.15) is 52.7 Å². The van der Waals surface area contributed by atoms with Gasteiger partial charge in [-0.05, 0) is 92.5 Å². The molecule has 1 aliphatic heterocycles. The third-order valence-electron chi connectivity index (χ3n) is 10.8. The lowest BCUT2D eigenvalue weighted by Crippen LogP contribution is -2.57. The van der Waals surface area contributed by atoms with Gasteiger partial charge in [0.1, 0.15) is 5.58 Å². The molecule has 1 aliphatic rings. The number of para-hydroxylation sites is 3. The van der Waals surface area contributed by atoms with E-state index in [0.29, 0.717) is 0 Å². The molecule has 4 nitrogen and oxygen atoms in total. The standard InChI is InChI=1S/C48H42BN3O/c1-47(2,3)33-23-25-50-40(29-33)31-13-11-14-35(27-31)49-38-17-8-9-18-42(38)52(44-19-12-16-37-36-15-7-10-20-45(36)53-46(37)44)43-22-21-32(28-39(43)49)41-30-34(24-26-51-41)48(4,5)6/h7-30H,1-6H3. The Morgan fingerprint density at radius 3 is 1.85 bits per heavy atom. The average molecular weight is 688 g/mol. The Hall–Kier alpha value is -5.94. The van der Waals surface area contributed by atoms with Crippen LogP contribution < -0.4 is 21.3 Å². The van der Waals surface area contributed by atoms with Crippen LogP contribution >= 0.6 is 0 Å². The minimum absolute atomic E-state index is 0.00814. The number of fused-ring (bicyclic) bond motifs is 5. The number of benzene rings is 5. The number of rotatable bonds is 4. The first-order valence-corrected chi connectivity index (χ1v) is 18.5. The van der Waals surface area contributed by atoms with Crippen LogP contribution in [-0.4, -0.2) is 16.7 Å². The van der Waals surface area contributed by atoms with Gasteiger partial charge in [-0.2, -0.15) is 0 Å². The Balaban J connectivity index is 1.28. The van der Waals surface area contributed by atoms with Crippen molar-refractivity contribution in [3.05, 3.63) is 157 Å². The van der Waals surface area contributed by atoms with Crippen LogP contribution in [0.25, 0.3) is 44.5 Å². The van der Waals surface area contributed by atoms with Crippen molar-refractivity contribution in [1.29, 1.82) is 0 Å². The van der Waals surface area contributed by atoms with Crippen molar-refractivity contribution in [2.75, 3.05) is 4.90 Å². The Kier molecular flexibility index (Phi) is 7.67. The fourth-order valence-corrected chi connectivity index (χ4v) is 7.90. The summed E-state index contributed by atoms with van der Waals surface area (Å²) < 4.78 is 6.66. The molecule has 0 saturated carbocycles. The van der Waals surface area contributed by atoms with Gasteiger partial charge < -0.3 is 9.32 Å². The summed E-state index contributed by atoms with van der Waals surface area (Å²) in [6.07, 6.45) is 3.88. The molecule has 0 fully saturated rings. The van der Waals surface area contributed by atoms with E-state index >= 15 is 0 Å². The van der Waals surface area contributed by atoms with Gasteiger partial charge in [-0.25, -0.2) is 0 Å². The van der Waals surface area contributed by atoms with Gasteiger partial charge in [-0.15, -0.1) is 0 Å². The first-order chi connectivity index (χ1) is 25.5. The number of nitrogens with zero attached hydrogens (tertiary/aromatic N) is 3. The first-order valence-electron chi connectivity index (χ1n) is 18.5. The number of hydrogen-bond acceptors (Lipinski definition) is 4. The molecule has 0 aliphatic carbocycles. The molecule has 0 spiro atoms. The molecule has 0 bridgehead atoms. The second kappa shape index (κ2) is 12.3. The Labute approximate surface area is 312 Å². The largest absolute Gasteiger partial charge is 0.454 e. The summed E-state index contributed by atoms with van der Waals surface area (Å²) in [6.45, 7) is 13.5. The zero-order chi connectivity index (χ0) is 36.5. The van der Waals surface area contributed by atoms with Gasteiger partial charge in [0, 0.05) is 34.5 Å². The summed E-state index contributed by atoms with van der Waals surface area (Å²) in [6, 6.07) is 48.2. The molecule has 5 heteroatoms. The maximum absolute atomic E-state index is 6.66.